The third kappa shape index (κ3) is 3.62. The van der Waals surface area contributed by atoms with Crippen molar-refractivity contribution in [2.24, 2.45) is 0 Å². The van der Waals surface area contributed by atoms with Crippen LogP contribution in [-0.2, 0) is 17.8 Å². The van der Waals surface area contributed by atoms with E-state index in [0.717, 1.165) is 22.1 Å². The van der Waals surface area contributed by atoms with Gasteiger partial charge in [0.2, 0.25) is 5.91 Å². The first-order chi connectivity index (χ1) is 13.1. The number of carbonyl (C=O) groups excluding carboxylic acids is 1. The molecule has 0 atom stereocenters. The summed E-state index contributed by atoms with van der Waals surface area (Å²) < 4.78 is 7.41. The smallest absolute Gasteiger partial charge is 0.230 e. The van der Waals surface area contributed by atoms with Crippen molar-refractivity contribution in [2.45, 2.75) is 26.8 Å². The van der Waals surface area contributed by atoms with Crippen molar-refractivity contribution < 1.29 is 9.21 Å². The first-order valence-corrected chi connectivity index (χ1v) is 8.93. The van der Waals surface area contributed by atoms with Gasteiger partial charge in [-0.3, -0.25) is 4.79 Å². The lowest BCUT2D eigenvalue weighted by Crippen LogP contribution is -2.17. The summed E-state index contributed by atoms with van der Waals surface area (Å²) in [6, 6.07) is 15.9. The quantitative estimate of drug-likeness (QED) is 0.572. The topological polar surface area (TPSA) is 60.1 Å². The second-order valence-electron chi connectivity index (χ2n) is 6.78. The maximum Gasteiger partial charge on any atom is 0.230 e. The minimum absolute atomic E-state index is 0.0919. The number of nitrogens with one attached hydrogen (secondary N) is 1. The van der Waals surface area contributed by atoms with Gasteiger partial charge in [-0.2, -0.15) is 5.10 Å². The van der Waals surface area contributed by atoms with Gasteiger partial charge in [0.15, 0.2) is 0 Å². The normalized spacial score (nSPS) is 11.0. The highest BCUT2D eigenvalue weighted by Crippen LogP contribution is 2.25. The summed E-state index contributed by atoms with van der Waals surface area (Å²) >= 11 is 0. The molecule has 0 radical (unpaired) electrons. The zero-order valence-corrected chi connectivity index (χ0v) is 15.4. The van der Waals surface area contributed by atoms with E-state index in [2.05, 4.69) is 30.3 Å². The van der Waals surface area contributed by atoms with Crippen LogP contribution in [0.3, 0.4) is 0 Å². The van der Waals surface area contributed by atoms with E-state index in [1.807, 2.05) is 42.5 Å². The van der Waals surface area contributed by atoms with Gasteiger partial charge in [-0.25, -0.2) is 4.68 Å². The van der Waals surface area contributed by atoms with E-state index in [-0.39, 0.29) is 12.3 Å². The number of hydrogen-bond donors (Lipinski definition) is 1. The van der Waals surface area contributed by atoms with Gasteiger partial charge in [0.05, 0.1) is 25.4 Å². The van der Waals surface area contributed by atoms with Gasteiger partial charge in [-0.1, -0.05) is 30.3 Å². The first-order valence-electron chi connectivity index (χ1n) is 8.93. The zero-order chi connectivity index (χ0) is 18.8. The molecule has 1 N–H and O–H groups in total. The Morgan fingerprint density at radius 2 is 1.89 bits per heavy atom. The second kappa shape index (κ2) is 7.11. The average Bonchev–Trinajstić information content (AvgIpc) is 3.24. The van der Waals surface area contributed by atoms with Crippen LogP contribution >= 0.6 is 0 Å². The van der Waals surface area contributed by atoms with Gasteiger partial charge in [-0.05, 0) is 42.7 Å². The van der Waals surface area contributed by atoms with Gasteiger partial charge in [-0.15, -0.1) is 0 Å². The summed E-state index contributed by atoms with van der Waals surface area (Å²) in [5.41, 5.74) is 5.20. The van der Waals surface area contributed by atoms with Crippen molar-refractivity contribution in [1.82, 2.24) is 9.78 Å². The zero-order valence-electron chi connectivity index (χ0n) is 15.4. The molecule has 2 heterocycles. The Kier molecular flexibility index (Phi) is 4.50. The number of aryl methyl sites for hydroxylation is 2. The highest BCUT2D eigenvalue weighted by molar-refractivity contribution is 5.95. The van der Waals surface area contributed by atoms with Crippen molar-refractivity contribution >= 4 is 22.7 Å². The number of anilines is 1. The Balaban J connectivity index is 1.49. The van der Waals surface area contributed by atoms with Crippen molar-refractivity contribution in [2.75, 3.05) is 5.32 Å². The molecule has 0 spiro atoms. The highest BCUT2D eigenvalue weighted by atomic mass is 16.3. The summed E-state index contributed by atoms with van der Waals surface area (Å²) in [5.74, 6) is 0.592. The minimum Gasteiger partial charge on any atom is -0.464 e. The van der Waals surface area contributed by atoms with Gasteiger partial charge < -0.3 is 9.73 Å². The molecular weight excluding hydrogens is 338 g/mol. The number of nitrogens with zero attached hydrogens (tertiary/aromatic N) is 2. The largest absolute Gasteiger partial charge is 0.464 e. The van der Waals surface area contributed by atoms with E-state index in [0.29, 0.717) is 12.4 Å². The summed E-state index contributed by atoms with van der Waals surface area (Å²) in [6.45, 7) is 4.72. The number of aromatic nitrogens is 2. The van der Waals surface area contributed by atoms with Crippen molar-refractivity contribution in [3.8, 4) is 0 Å². The molecule has 0 saturated heterocycles. The molecule has 0 aliphatic heterocycles. The summed E-state index contributed by atoms with van der Waals surface area (Å²) in [6.07, 6.45) is 3.62. The fourth-order valence-corrected chi connectivity index (χ4v) is 3.15. The van der Waals surface area contributed by atoms with E-state index in [1.165, 1.54) is 11.1 Å². The summed E-state index contributed by atoms with van der Waals surface area (Å²) in [4.78, 5) is 12.6. The van der Waals surface area contributed by atoms with Crippen LogP contribution in [0.2, 0.25) is 0 Å². The molecule has 5 nitrogen and oxygen atoms in total. The van der Waals surface area contributed by atoms with Crippen molar-refractivity contribution in [3.05, 3.63) is 83.2 Å². The maximum absolute atomic E-state index is 12.6. The first kappa shape index (κ1) is 17.1. The molecule has 0 aliphatic carbocycles. The van der Waals surface area contributed by atoms with Crippen LogP contribution in [0, 0.1) is 13.8 Å². The number of hydrogen-bond acceptors (Lipinski definition) is 3. The Labute approximate surface area is 157 Å². The highest BCUT2D eigenvalue weighted by Gasteiger charge is 2.13. The number of benzene rings is 2. The van der Waals surface area contributed by atoms with Crippen LogP contribution in [-0.4, -0.2) is 15.7 Å². The van der Waals surface area contributed by atoms with Gasteiger partial charge in [0.1, 0.15) is 11.4 Å². The molecule has 1 amide bonds. The lowest BCUT2D eigenvalue weighted by molar-refractivity contribution is -0.115. The molecular formula is C22H21N3O2. The lowest BCUT2D eigenvalue weighted by atomic mass is 10.0. The Morgan fingerprint density at radius 3 is 2.70 bits per heavy atom. The number of carbonyl (C=O) groups is 1. The third-order valence-electron chi connectivity index (χ3n) is 4.78. The molecule has 27 heavy (non-hydrogen) atoms. The van der Waals surface area contributed by atoms with E-state index in [1.54, 1.807) is 17.1 Å². The molecule has 0 saturated carbocycles. The Bertz CT molecular complexity index is 1090. The monoisotopic (exact) mass is 359 g/mol. The molecule has 0 bridgehead atoms. The lowest BCUT2D eigenvalue weighted by Gasteiger charge is -2.09. The summed E-state index contributed by atoms with van der Waals surface area (Å²) in [7, 11) is 0. The minimum atomic E-state index is -0.0919. The molecule has 4 aromatic rings. The van der Waals surface area contributed by atoms with E-state index >= 15 is 0 Å². The fourth-order valence-electron chi connectivity index (χ4n) is 3.15. The Morgan fingerprint density at radius 1 is 1.11 bits per heavy atom. The fraction of sp³-hybridized carbons (Fsp3) is 0.182. The van der Waals surface area contributed by atoms with Crippen molar-refractivity contribution in [1.29, 1.82) is 0 Å². The SMILES string of the molecule is Cc1cc2occ(CC(=O)Nc3ccnn3Cc3ccccc3)c2cc1C. The second-order valence-corrected chi connectivity index (χ2v) is 6.78. The number of furan rings is 1. The van der Waals surface area contributed by atoms with E-state index in [9.17, 15) is 4.79 Å². The molecule has 0 unspecified atom stereocenters. The molecule has 5 heteroatoms. The Hall–Kier alpha value is -3.34. The molecule has 0 fully saturated rings. The van der Waals surface area contributed by atoms with Crippen LogP contribution in [0.1, 0.15) is 22.3 Å². The van der Waals surface area contributed by atoms with Crippen LogP contribution in [0.5, 0.6) is 0 Å². The molecule has 2 aromatic carbocycles. The van der Waals surface area contributed by atoms with Crippen LogP contribution in [0.15, 0.2) is 65.4 Å². The van der Waals surface area contributed by atoms with Crippen LogP contribution in [0.4, 0.5) is 5.82 Å². The van der Waals surface area contributed by atoms with Crippen molar-refractivity contribution in [3.63, 3.8) is 0 Å². The van der Waals surface area contributed by atoms with Gasteiger partial charge in [0.25, 0.3) is 0 Å². The number of fused-ring (bicyclic) bond motifs is 1. The van der Waals surface area contributed by atoms with Gasteiger partial charge in [0, 0.05) is 17.0 Å². The summed E-state index contributed by atoms with van der Waals surface area (Å²) in [5, 5.41) is 8.27. The molecule has 4 rings (SSSR count). The molecule has 2 aromatic heterocycles. The number of amides is 1. The molecule has 136 valence electrons. The predicted octanol–water partition coefficient (Wildman–Crippen LogP) is 4.48. The van der Waals surface area contributed by atoms with Gasteiger partial charge >= 0.3 is 0 Å². The third-order valence-corrected chi connectivity index (χ3v) is 4.78. The predicted molar refractivity (Wildman–Crippen MR) is 106 cm³/mol. The van der Waals surface area contributed by atoms with Crippen LogP contribution < -0.4 is 5.32 Å². The number of rotatable bonds is 5. The molecule has 0 aliphatic rings. The van der Waals surface area contributed by atoms with E-state index in [4.69, 9.17) is 4.42 Å². The van der Waals surface area contributed by atoms with Crippen LogP contribution in [0.25, 0.3) is 11.0 Å². The maximum atomic E-state index is 12.6. The van der Waals surface area contributed by atoms with E-state index < -0.39 is 0 Å². The standard InChI is InChI=1S/C22H21N3O2/c1-15-10-19-18(14-27-20(19)11-16(15)2)12-22(26)24-21-8-9-23-25(21)13-17-6-4-3-5-7-17/h3-11,14H,12-13H2,1-2H3,(H,24,26). The average molecular weight is 359 g/mol.